The summed E-state index contributed by atoms with van der Waals surface area (Å²) in [5.74, 6) is 6.30. The number of nitrogens with one attached hydrogen (secondary N) is 1. The molecule has 1 amide bonds. The number of amides is 1. The van der Waals surface area contributed by atoms with Crippen molar-refractivity contribution in [3.8, 4) is 17.6 Å². The summed E-state index contributed by atoms with van der Waals surface area (Å²) in [6, 6.07) is 3.05. The molecule has 0 fully saturated rings. The van der Waals surface area contributed by atoms with Gasteiger partial charge in [-0.25, -0.2) is 4.98 Å². The number of unbranched alkanes of at least 4 members (excludes halogenated alkanes) is 1. The van der Waals surface area contributed by atoms with Crippen LogP contribution in [0.15, 0.2) is 12.1 Å². The van der Waals surface area contributed by atoms with E-state index in [2.05, 4.69) is 29.1 Å². The Morgan fingerprint density at radius 3 is 2.48 bits per heavy atom. The van der Waals surface area contributed by atoms with Gasteiger partial charge in [-0.2, -0.15) is 0 Å². The van der Waals surface area contributed by atoms with E-state index < -0.39 is 11.6 Å². The number of hydrogen-bond acceptors (Lipinski definition) is 3. The summed E-state index contributed by atoms with van der Waals surface area (Å²) in [6.07, 6.45) is 1.64. The van der Waals surface area contributed by atoms with Crippen LogP contribution in [-0.4, -0.2) is 22.5 Å². The molecular weight excluding hydrogens is 335 g/mol. The minimum Gasteiger partial charge on any atom is -0.480 e. The number of nitrogens with zero attached hydrogens (tertiary/aromatic N) is 1. The van der Waals surface area contributed by atoms with Crippen molar-refractivity contribution >= 4 is 29.1 Å². The van der Waals surface area contributed by atoms with Crippen LogP contribution in [-0.2, 0) is 4.79 Å². The Kier molecular flexibility index (Phi) is 7.67. The molecule has 0 aliphatic rings. The van der Waals surface area contributed by atoms with Gasteiger partial charge < -0.3 is 10.1 Å². The number of ether oxygens (including phenoxy) is 1. The molecular formula is C17H22Cl2N2O2. The van der Waals surface area contributed by atoms with E-state index in [1.807, 2.05) is 20.8 Å². The first-order valence-corrected chi connectivity index (χ1v) is 8.34. The average molecular weight is 357 g/mol. The fourth-order valence-electron chi connectivity index (χ4n) is 1.83. The predicted molar refractivity (Wildman–Crippen MR) is 93.9 cm³/mol. The van der Waals surface area contributed by atoms with Gasteiger partial charge in [-0.15, -0.1) is 5.92 Å². The number of hydrogen-bond donors (Lipinski definition) is 1. The Morgan fingerprint density at radius 2 is 1.96 bits per heavy atom. The summed E-state index contributed by atoms with van der Waals surface area (Å²) in [6.45, 7) is 7.65. The second-order valence-corrected chi connectivity index (χ2v) is 6.40. The summed E-state index contributed by atoms with van der Waals surface area (Å²) in [5.41, 5.74) is -0.615. The fraction of sp³-hybridized carbons (Fsp3) is 0.529. The monoisotopic (exact) mass is 356 g/mol. The highest BCUT2D eigenvalue weighted by atomic mass is 35.5. The predicted octanol–water partition coefficient (Wildman–Crippen LogP) is 4.24. The normalized spacial score (nSPS) is 12.1. The van der Waals surface area contributed by atoms with E-state index in [0.29, 0.717) is 12.2 Å². The number of halogens is 2. The molecule has 0 aromatic carbocycles. The minimum atomic E-state index is -0.656. The van der Waals surface area contributed by atoms with Crippen LogP contribution in [0, 0.1) is 11.8 Å². The van der Waals surface area contributed by atoms with Gasteiger partial charge in [0.2, 0.25) is 0 Å². The quantitative estimate of drug-likeness (QED) is 0.612. The maximum atomic E-state index is 12.4. The molecule has 1 heterocycles. The third-order valence-corrected chi connectivity index (χ3v) is 3.28. The Bertz CT molecular complexity index is 586. The molecule has 0 spiro atoms. The van der Waals surface area contributed by atoms with E-state index >= 15 is 0 Å². The van der Waals surface area contributed by atoms with E-state index in [4.69, 9.17) is 27.9 Å². The smallest absolute Gasteiger partial charge is 0.262 e. The number of pyridine rings is 1. The Balaban J connectivity index is 2.77. The number of carbonyl (C=O) groups excluding carboxylic acids is 1. The highest BCUT2D eigenvalue weighted by Gasteiger charge is 2.25. The van der Waals surface area contributed by atoms with Crippen molar-refractivity contribution in [2.45, 2.75) is 58.6 Å². The third kappa shape index (κ3) is 7.11. The van der Waals surface area contributed by atoms with Gasteiger partial charge in [0.05, 0.1) is 5.54 Å². The first-order valence-electron chi connectivity index (χ1n) is 7.59. The number of rotatable bonds is 6. The molecule has 1 N–H and O–H groups in total. The zero-order valence-corrected chi connectivity index (χ0v) is 15.4. The van der Waals surface area contributed by atoms with Gasteiger partial charge in [0, 0.05) is 18.6 Å². The highest BCUT2D eigenvalue weighted by Crippen LogP contribution is 2.22. The van der Waals surface area contributed by atoms with E-state index in [1.165, 1.54) is 12.1 Å². The van der Waals surface area contributed by atoms with Crippen LogP contribution in [0.5, 0.6) is 5.75 Å². The molecule has 1 rings (SSSR count). The maximum absolute atomic E-state index is 12.4. The van der Waals surface area contributed by atoms with Crippen molar-refractivity contribution in [1.82, 2.24) is 10.3 Å². The molecule has 4 nitrogen and oxygen atoms in total. The van der Waals surface area contributed by atoms with Crippen molar-refractivity contribution in [2.75, 3.05) is 0 Å². The van der Waals surface area contributed by atoms with Gasteiger partial charge in [0.25, 0.3) is 5.91 Å². The van der Waals surface area contributed by atoms with E-state index in [9.17, 15) is 4.79 Å². The Hall–Kier alpha value is -1.44. The van der Waals surface area contributed by atoms with Crippen LogP contribution >= 0.6 is 23.2 Å². The van der Waals surface area contributed by atoms with Crippen molar-refractivity contribution < 1.29 is 9.53 Å². The Morgan fingerprint density at radius 1 is 1.35 bits per heavy atom. The van der Waals surface area contributed by atoms with Crippen LogP contribution in [0.4, 0.5) is 0 Å². The molecule has 0 radical (unpaired) electrons. The van der Waals surface area contributed by atoms with Crippen LogP contribution < -0.4 is 10.1 Å². The maximum Gasteiger partial charge on any atom is 0.262 e. The zero-order valence-electron chi connectivity index (χ0n) is 13.9. The molecule has 0 bridgehead atoms. The Labute approximate surface area is 147 Å². The summed E-state index contributed by atoms with van der Waals surface area (Å²) in [7, 11) is 0. The van der Waals surface area contributed by atoms with Gasteiger partial charge in [-0.05, 0) is 26.7 Å². The molecule has 1 aromatic rings. The lowest BCUT2D eigenvalue weighted by atomic mass is 10.1. The second kappa shape index (κ2) is 9.00. The molecule has 1 aromatic heterocycles. The van der Waals surface area contributed by atoms with Crippen LogP contribution in [0.3, 0.4) is 0 Å². The van der Waals surface area contributed by atoms with Crippen LogP contribution in [0.25, 0.3) is 0 Å². The molecule has 1 atom stereocenters. The molecule has 1 unspecified atom stereocenters. The van der Waals surface area contributed by atoms with Crippen molar-refractivity contribution in [1.29, 1.82) is 0 Å². The average Bonchev–Trinajstić information content (AvgIpc) is 2.43. The second-order valence-electron chi connectivity index (χ2n) is 5.63. The molecule has 126 valence electrons. The fourth-order valence-corrected chi connectivity index (χ4v) is 2.27. The lowest BCUT2D eigenvalue weighted by Gasteiger charge is -2.24. The van der Waals surface area contributed by atoms with Crippen molar-refractivity contribution in [2.24, 2.45) is 0 Å². The largest absolute Gasteiger partial charge is 0.480 e. The molecule has 0 saturated carbocycles. The SMILES string of the molecule is CCCC#CC(C)(C)NC(=O)C(CC)Oc1cc(Cl)nc(Cl)c1. The van der Waals surface area contributed by atoms with Gasteiger partial charge in [0.1, 0.15) is 16.1 Å². The summed E-state index contributed by atoms with van der Waals surface area (Å²) < 4.78 is 5.69. The summed E-state index contributed by atoms with van der Waals surface area (Å²) in [5, 5.41) is 3.33. The summed E-state index contributed by atoms with van der Waals surface area (Å²) in [4.78, 5) is 16.3. The van der Waals surface area contributed by atoms with Gasteiger partial charge in [-0.3, -0.25) is 4.79 Å². The van der Waals surface area contributed by atoms with Crippen LogP contribution in [0.2, 0.25) is 10.3 Å². The lowest BCUT2D eigenvalue weighted by molar-refractivity contribution is -0.129. The van der Waals surface area contributed by atoms with Crippen molar-refractivity contribution in [3.05, 3.63) is 22.4 Å². The van der Waals surface area contributed by atoms with Crippen LogP contribution in [0.1, 0.15) is 47.0 Å². The molecule has 0 aliphatic carbocycles. The van der Waals surface area contributed by atoms with E-state index in [1.54, 1.807) is 0 Å². The molecule has 6 heteroatoms. The van der Waals surface area contributed by atoms with Gasteiger partial charge in [-0.1, -0.05) is 43.0 Å². The van der Waals surface area contributed by atoms with Crippen molar-refractivity contribution in [3.63, 3.8) is 0 Å². The lowest BCUT2D eigenvalue weighted by Crippen LogP contribution is -2.48. The standard InChI is InChI=1S/C17H22Cl2N2O2/c1-5-7-8-9-17(3,4)21-16(22)13(6-2)23-12-10-14(18)20-15(19)11-12/h10-11,13H,5-7H2,1-4H3,(H,21,22). The van der Waals surface area contributed by atoms with Gasteiger partial charge >= 0.3 is 0 Å². The third-order valence-electron chi connectivity index (χ3n) is 2.89. The molecule has 23 heavy (non-hydrogen) atoms. The minimum absolute atomic E-state index is 0.216. The molecule has 0 aliphatic heterocycles. The highest BCUT2D eigenvalue weighted by molar-refractivity contribution is 6.32. The van der Waals surface area contributed by atoms with Gasteiger partial charge in [0.15, 0.2) is 6.10 Å². The first kappa shape index (κ1) is 19.6. The van der Waals surface area contributed by atoms with E-state index in [0.717, 1.165) is 12.8 Å². The summed E-state index contributed by atoms with van der Waals surface area (Å²) >= 11 is 11.7. The molecule has 0 saturated heterocycles. The van der Waals surface area contributed by atoms with E-state index in [-0.39, 0.29) is 16.2 Å². The first-order chi connectivity index (χ1) is 10.8. The topological polar surface area (TPSA) is 51.2 Å². The number of aromatic nitrogens is 1. The number of carbonyl (C=O) groups is 1. The zero-order chi connectivity index (χ0) is 17.5.